The first-order valence-corrected chi connectivity index (χ1v) is 7.72. The van der Waals surface area contributed by atoms with Crippen LogP contribution in [0, 0.1) is 5.82 Å². The highest BCUT2D eigenvalue weighted by Crippen LogP contribution is 2.29. The van der Waals surface area contributed by atoms with Crippen LogP contribution < -0.4 is 0 Å². The van der Waals surface area contributed by atoms with Crippen molar-refractivity contribution in [3.63, 3.8) is 0 Å². The summed E-state index contributed by atoms with van der Waals surface area (Å²) in [5.41, 5.74) is 1.01. The van der Waals surface area contributed by atoms with Crippen LogP contribution in [-0.4, -0.2) is 28.2 Å². The van der Waals surface area contributed by atoms with E-state index in [1.807, 2.05) is 12.1 Å². The van der Waals surface area contributed by atoms with Gasteiger partial charge in [-0.25, -0.2) is 4.39 Å². The van der Waals surface area contributed by atoms with Gasteiger partial charge < -0.3 is 4.42 Å². The zero-order chi connectivity index (χ0) is 15.7. The first kappa shape index (κ1) is 15.2. The maximum absolute atomic E-state index is 12.9. The van der Waals surface area contributed by atoms with E-state index >= 15 is 0 Å². The molecule has 0 N–H and O–H groups in total. The molecule has 0 amide bonds. The molecule has 118 valence electrons. The van der Waals surface area contributed by atoms with Crippen LogP contribution in [0.15, 0.2) is 28.7 Å². The number of hydrogen-bond acceptors (Lipinski definition) is 4. The Morgan fingerprint density at radius 1 is 1.23 bits per heavy atom. The summed E-state index contributed by atoms with van der Waals surface area (Å²) in [5.74, 6) is 1.54. The SMILES string of the molecule is CC(C)(C)c1nnc([C@H]2CCN(Cc3ccc(F)cc3)C2)o1. The summed E-state index contributed by atoms with van der Waals surface area (Å²) in [6, 6.07) is 6.70. The second kappa shape index (κ2) is 5.80. The van der Waals surface area contributed by atoms with E-state index in [0.717, 1.165) is 37.5 Å². The highest BCUT2D eigenvalue weighted by Gasteiger charge is 2.30. The maximum atomic E-state index is 12.9. The third kappa shape index (κ3) is 3.35. The smallest absolute Gasteiger partial charge is 0.221 e. The van der Waals surface area contributed by atoms with Gasteiger partial charge in [0.15, 0.2) is 0 Å². The molecule has 0 spiro atoms. The Kier molecular flexibility index (Phi) is 4.00. The number of hydrogen-bond donors (Lipinski definition) is 0. The van der Waals surface area contributed by atoms with Gasteiger partial charge in [0, 0.05) is 18.5 Å². The number of rotatable bonds is 3. The highest BCUT2D eigenvalue weighted by molar-refractivity contribution is 5.16. The normalized spacial score (nSPS) is 19.7. The van der Waals surface area contributed by atoms with E-state index in [2.05, 4.69) is 35.9 Å². The molecule has 0 unspecified atom stereocenters. The van der Waals surface area contributed by atoms with E-state index < -0.39 is 0 Å². The van der Waals surface area contributed by atoms with Crippen molar-refractivity contribution < 1.29 is 8.81 Å². The Bertz CT molecular complexity index is 630. The number of likely N-dealkylation sites (tertiary alicyclic amines) is 1. The van der Waals surface area contributed by atoms with E-state index in [4.69, 9.17) is 4.42 Å². The molecule has 0 radical (unpaired) electrons. The summed E-state index contributed by atoms with van der Waals surface area (Å²) >= 11 is 0. The summed E-state index contributed by atoms with van der Waals surface area (Å²) in [7, 11) is 0. The van der Waals surface area contributed by atoms with Gasteiger partial charge in [-0.15, -0.1) is 10.2 Å². The fourth-order valence-corrected chi connectivity index (χ4v) is 2.73. The molecule has 0 bridgehead atoms. The molecule has 2 heterocycles. The number of benzene rings is 1. The van der Waals surface area contributed by atoms with Crippen molar-refractivity contribution in [3.8, 4) is 0 Å². The molecule has 3 rings (SSSR count). The Morgan fingerprint density at radius 3 is 2.59 bits per heavy atom. The average molecular weight is 303 g/mol. The molecule has 1 saturated heterocycles. The van der Waals surface area contributed by atoms with Gasteiger partial charge in [-0.2, -0.15) is 0 Å². The summed E-state index contributed by atoms with van der Waals surface area (Å²) in [6.45, 7) is 8.94. The van der Waals surface area contributed by atoms with Gasteiger partial charge in [0.25, 0.3) is 0 Å². The maximum Gasteiger partial charge on any atom is 0.221 e. The van der Waals surface area contributed by atoms with E-state index in [0.29, 0.717) is 11.8 Å². The molecule has 1 fully saturated rings. The predicted octanol–water partition coefficient (Wildman–Crippen LogP) is 3.50. The molecule has 1 aliphatic heterocycles. The van der Waals surface area contributed by atoms with Crippen LogP contribution in [0.2, 0.25) is 0 Å². The largest absolute Gasteiger partial charge is 0.424 e. The zero-order valence-corrected chi connectivity index (χ0v) is 13.3. The minimum Gasteiger partial charge on any atom is -0.424 e. The van der Waals surface area contributed by atoms with Gasteiger partial charge in [-0.3, -0.25) is 4.90 Å². The van der Waals surface area contributed by atoms with Gasteiger partial charge in [-0.05, 0) is 30.7 Å². The highest BCUT2D eigenvalue weighted by atomic mass is 19.1. The van der Waals surface area contributed by atoms with Crippen molar-refractivity contribution in [2.75, 3.05) is 13.1 Å². The fourth-order valence-electron chi connectivity index (χ4n) is 2.73. The van der Waals surface area contributed by atoms with Crippen molar-refractivity contribution >= 4 is 0 Å². The van der Waals surface area contributed by atoms with Crippen molar-refractivity contribution in [1.82, 2.24) is 15.1 Å². The molecular formula is C17H22FN3O. The molecule has 2 aromatic rings. The quantitative estimate of drug-likeness (QED) is 0.870. The standard InChI is InChI=1S/C17H22FN3O/c1-17(2,3)16-20-19-15(22-16)13-8-9-21(11-13)10-12-4-6-14(18)7-5-12/h4-7,13H,8-11H2,1-3H3/t13-/m0/s1. The molecule has 5 heteroatoms. The second-order valence-electron chi connectivity index (χ2n) is 7.04. The molecule has 1 aromatic heterocycles. The van der Waals surface area contributed by atoms with Crippen LogP contribution in [0.4, 0.5) is 4.39 Å². The van der Waals surface area contributed by atoms with E-state index in [-0.39, 0.29) is 11.2 Å². The van der Waals surface area contributed by atoms with Crippen LogP contribution in [0.1, 0.15) is 50.5 Å². The van der Waals surface area contributed by atoms with Crippen LogP contribution in [-0.2, 0) is 12.0 Å². The van der Waals surface area contributed by atoms with Crippen molar-refractivity contribution in [2.24, 2.45) is 0 Å². The van der Waals surface area contributed by atoms with Crippen LogP contribution >= 0.6 is 0 Å². The summed E-state index contributed by atoms with van der Waals surface area (Å²) in [6.07, 6.45) is 1.02. The van der Waals surface area contributed by atoms with Crippen LogP contribution in [0.25, 0.3) is 0 Å². The lowest BCUT2D eigenvalue weighted by Gasteiger charge is -2.15. The van der Waals surface area contributed by atoms with E-state index in [1.165, 1.54) is 12.1 Å². The second-order valence-corrected chi connectivity index (χ2v) is 7.04. The third-order valence-corrected chi connectivity index (χ3v) is 4.02. The fraction of sp³-hybridized carbons (Fsp3) is 0.529. The molecule has 0 aliphatic carbocycles. The van der Waals surface area contributed by atoms with Gasteiger partial charge in [0.1, 0.15) is 5.82 Å². The molecular weight excluding hydrogens is 281 g/mol. The Balaban J connectivity index is 1.62. The number of nitrogens with zero attached hydrogens (tertiary/aromatic N) is 3. The van der Waals surface area contributed by atoms with Crippen LogP contribution in [0.5, 0.6) is 0 Å². The number of aromatic nitrogens is 2. The lowest BCUT2D eigenvalue weighted by atomic mass is 9.97. The number of halogens is 1. The third-order valence-electron chi connectivity index (χ3n) is 4.02. The molecule has 1 aliphatic rings. The summed E-state index contributed by atoms with van der Waals surface area (Å²) in [4.78, 5) is 2.35. The van der Waals surface area contributed by atoms with Gasteiger partial charge in [0.2, 0.25) is 11.8 Å². The monoisotopic (exact) mass is 303 g/mol. The molecule has 22 heavy (non-hydrogen) atoms. The Hall–Kier alpha value is -1.75. The predicted molar refractivity (Wildman–Crippen MR) is 82.0 cm³/mol. The first-order chi connectivity index (χ1) is 10.4. The van der Waals surface area contributed by atoms with E-state index in [1.54, 1.807) is 0 Å². The molecule has 0 saturated carbocycles. The van der Waals surface area contributed by atoms with E-state index in [9.17, 15) is 4.39 Å². The van der Waals surface area contributed by atoms with Gasteiger partial charge in [0.05, 0.1) is 5.92 Å². The Morgan fingerprint density at radius 2 is 1.95 bits per heavy atom. The topological polar surface area (TPSA) is 42.2 Å². The molecule has 1 atom stereocenters. The van der Waals surface area contributed by atoms with Crippen molar-refractivity contribution in [1.29, 1.82) is 0 Å². The first-order valence-electron chi connectivity index (χ1n) is 7.72. The summed E-state index contributed by atoms with van der Waals surface area (Å²) in [5, 5.41) is 8.40. The van der Waals surface area contributed by atoms with Gasteiger partial charge >= 0.3 is 0 Å². The zero-order valence-electron chi connectivity index (χ0n) is 13.3. The lowest BCUT2D eigenvalue weighted by Crippen LogP contribution is -2.19. The minimum atomic E-state index is -0.191. The lowest BCUT2D eigenvalue weighted by molar-refractivity contribution is 0.313. The Labute approximate surface area is 130 Å². The molecule has 1 aromatic carbocycles. The van der Waals surface area contributed by atoms with Crippen molar-refractivity contribution in [3.05, 3.63) is 47.4 Å². The van der Waals surface area contributed by atoms with Gasteiger partial charge in [-0.1, -0.05) is 32.9 Å². The van der Waals surface area contributed by atoms with Crippen molar-refractivity contribution in [2.45, 2.75) is 45.1 Å². The van der Waals surface area contributed by atoms with Crippen LogP contribution in [0.3, 0.4) is 0 Å². The minimum absolute atomic E-state index is 0.113. The summed E-state index contributed by atoms with van der Waals surface area (Å²) < 4.78 is 18.8. The average Bonchev–Trinajstić information content (AvgIpc) is 3.09. The molecule has 4 nitrogen and oxygen atoms in total.